The van der Waals surface area contributed by atoms with Crippen molar-refractivity contribution < 1.29 is 14.4 Å². The van der Waals surface area contributed by atoms with E-state index >= 15 is 0 Å². The van der Waals surface area contributed by atoms with Crippen LogP contribution in [0.3, 0.4) is 0 Å². The van der Waals surface area contributed by atoms with Crippen LogP contribution in [-0.4, -0.2) is 17.7 Å². The molecule has 2 aliphatic rings. The van der Waals surface area contributed by atoms with Crippen LogP contribution in [0.2, 0.25) is 0 Å². The fourth-order valence-corrected chi connectivity index (χ4v) is 5.83. The molecule has 2 aliphatic heterocycles. The second kappa shape index (κ2) is 7.87. The Morgan fingerprint density at radius 2 is 0.842 bits per heavy atom. The summed E-state index contributed by atoms with van der Waals surface area (Å²) in [6.45, 7) is 12.6. The Hall–Kier alpha value is -4.25. The second-order valence-corrected chi connectivity index (χ2v) is 12.2. The van der Waals surface area contributed by atoms with Gasteiger partial charge in [-0.25, -0.2) is 4.90 Å². The van der Waals surface area contributed by atoms with Gasteiger partial charge in [0.15, 0.2) is 0 Å². The highest BCUT2D eigenvalue weighted by Gasteiger charge is 2.41. The number of anilines is 3. The van der Waals surface area contributed by atoms with Crippen molar-refractivity contribution in [3.05, 3.63) is 101 Å². The van der Waals surface area contributed by atoms with E-state index in [0.717, 1.165) is 16.8 Å². The molecule has 5 nitrogen and oxygen atoms in total. The molecule has 0 saturated heterocycles. The summed E-state index contributed by atoms with van der Waals surface area (Å²) >= 11 is 0. The van der Waals surface area contributed by atoms with Crippen LogP contribution < -0.4 is 9.80 Å². The maximum atomic E-state index is 14.0. The number of imide groups is 1. The predicted molar refractivity (Wildman–Crippen MR) is 152 cm³/mol. The highest BCUT2D eigenvalue weighted by Crippen LogP contribution is 2.48. The van der Waals surface area contributed by atoms with E-state index in [1.54, 1.807) is 23.1 Å². The minimum atomic E-state index is -0.371. The molecule has 5 heteroatoms. The Kier molecular flexibility index (Phi) is 5.00. The highest BCUT2D eigenvalue weighted by atomic mass is 16.2. The van der Waals surface area contributed by atoms with Crippen LogP contribution in [0.15, 0.2) is 72.8 Å². The number of hydrogen-bond donors (Lipinski definition) is 0. The molecular weight excluding hydrogens is 472 g/mol. The fraction of sp³-hybridized carbons (Fsp3) is 0.242. The van der Waals surface area contributed by atoms with Crippen molar-refractivity contribution in [1.82, 2.24) is 0 Å². The molecular formula is C33H30N2O3. The van der Waals surface area contributed by atoms with Gasteiger partial charge < -0.3 is 0 Å². The zero-order chi connectivity index (χ0) is 27.1. The Morgan fingerprint density at radius 1 is 0.447 bits per heavy atom. The van der Waals surface area contributed by atoms with Crippen molar-refractivity contribution in [2.45, 2.75) is 52.4 Å². The Labute approximate surface area is 222 Å². The lowest BCUT2D eigenvalue weighted by Gasteiger charge is -2.32. The molecule has 0 aliphatic carbocycles. The average Bonchev–Trinajstić information content (AvgIpc) is 3.15. The molecule has 4 aromatic rings. The molecule has 2 heterocycles. The first-order valence-corrected chi connectivity index (χ1v) is 12.9. The van der Waals surface area contributed by atoms with Crippen molar-refractivity contribution in [1.29, 1.82) is 0 Å². The summed E-state index contributed by atoms with van der Waals surface area (Å²) in [5.41, 5.74) is 4.98. The van der Waals surface area contributed by atoms with Crippen molar-refractivity contribution in [3.63, 3.8) is 0 Å². The first kappa shape index (κ1) is 24.1. The van der Waals surface area contributed by atoms with Gasteiger partial charge in [0, 0.05) is 21.9 Å². The summed E-state index contributed by atoms with van der Waals surface area (Å²) in [4.78, 5) is 44.8. The number of carbonyl (C=O) groups excluding carboxylic acids is 3. The molecule has 0 bridgehead atoms. The van der Waals surface area contributed by atoms with Gasteiger partial charge in [-0.2, -0.15) is 0 Å². The minimum absolute atomic E-state index is 0.152. The molecule has 0 radical (unpaired) electrons. The molecule has 0 unspecified atom stereocenters. The van der Waals surface area contributed by atoms with E-state index in [2.05, 4.69) is 41.5 Å². The second-order valence-electron chi connectivity index (χ2n) is 12.2. The quantitative estimate of drug-likeness (QED) is 0.266. The Morgan fingerprint density at radius 3 is 1.34 bits per heavy atom. The summed E-state index contributed by atoms with van der Waals surface area (Å²) in [5, 5.41) is 1.22. The number of nitrogens with zero attached hydrogens (tertiary/aromatic N) is 2. The summed E-state index contributed by atoms with van der Waals surface area (Å²) in [6.07, 6.45) is 0. The summed E-state index contributed by atoms with van der Waals surface area (Å²) in [6, 6.07) is 22.5. The topological polar surface area (TPSA) is 57.7 Å². The van der Waals surface area contributed by atoms with Gasteiger partial charge in [0.1, 0.15) is 0 Å². The van der Waals surface area contributed by atoms with Crippen LogP contribution >= 0.6 is 0 Å². The van der Waals surface area contributed by atoms with Crippen LogP contribution in [-0.2, 0) is 10.8 Å². The van der Waals surface area contributed by atoms with E-state index in [1.165, 1.54) is 4.90 Å². The van der Waals surface area contributed by atoms with Gasteiger partial charge in [0.2, 0.25) is 0 Å². The first-order chi connectivity index (χ1) is 17.9. The minimum Gasteiger partial charge on any atom is -0.276 e. The monoisotopic (exact) mass is 502 g/mol. The molecule has 0 spiro atoms. The van der Waals surface area contributed by atoms with Crippen molar-refractivity contribution in [3.8, 4) is 0 Å². The van der Waals surface area contributed by atoms with E-state index in [1.807, 2.05) is 54.6 Å². The standard InChI is InChI=1S/C33H30N2O3/c1-32(2,3)22-11-7-9-13-24(22)34-26-18-17-20-27-19(15-16-21(28(26)27)29(34)36)30(37)35(31(20)38)25-14-10-8-12-23(25)33(4,5)6/h7-18H,1-6H3. The third kappa shape index (κ3) is 3.27. The Balaban J connectivity index is 1.57. The normalized spacial score (nSPS) is 15.2. The van der Waals surface area contributed by atoms with Crippen LogP contribution in [0.4, 0.5) is 17.1 Å². The number of benzene rings is 4. The smallest absolute Gasteiger partial charge is 0.265 e. The lowest BCUT2D eigenvalue weighted by atomic mass is 9.84. The van der Waals surface area contributed by atoms with Gasteiger partial charge in [-0.05, 0) is 58.4 Å². The van der Waals surface area contributed by atoms with E-state index in [4.69, 9.17) is 0 Å². The van der Waals surface area contributed by atoms with Gasteiger partial charge in [0.25, 0.3) is 17.7 Å². The molecule has 38 heavy (non-hydrogen) atoms. The maximum absolute atomic E-state index is 14.0. The van der Waals surface area contributed by atoms with Crippen molar-refractivity contribution in [2.24, 2.45) is 0 Å². The van der Waals surface area contributed by atoms with Crippen molar-refractivity contribution >= 4 is 45.6 Å². The summed E-state index contributed by atoms with van der Waals surface area (Å²) < 4.78 is 0. The van der Waals surface area contributed by atoms with Gasteiger partial charge in [-0.3, -0.25) is 19.3 Å². The molecule has 0 N–H and O–H groups in total. The molecule has 0 aromatic heterocycles. The van der Waals surface area contributed by atoms with E-state index < -0.39 is 0 Å². The number of hydrogen-bond acceptors (Lipinski definition) is 3. The number of para-hydroxylation sites is 2. The number of amides is 3. The molecule has 190 valence electrons. The highest BCUT2D eigenvalue weighted by molar-refractivity contribution is 6.40. The molecule has 0 saturated carbocycles. The van der Waals surface area contributed by atoms with Crippen LogP contribution in [0.5, 0.6) is 0 Å². The molecule has 3 amide bonds. The Bertz CT molecular complexity index is 1680. The lowest BCUT2D eigenvalue weighted by Crippen LogP contribution is -2.41. The van der Waals surface area contributed by atoms with Crippen LogP contribution in [0.1, 0.15) is 83.7 Å². The van der Waals surface area contributed by atoms with E-state index in [9.17, 15) is 14.4 Å². The van der Waals surface area contributed by atoms with Crippen molar-refractivity contribution in [2.75, 3.05) is 9.80 Å². The van der Waals surface area contributed by atoms with Gasteiger partial charge in [-0.15, -0.1) is 0 Å². The zero-order valence-corrected chi connectivity index (χ0v) is 22.5. The summed E-state index contributed by atoms with van der Waals surface area (Å²) in [7, 11) is 0. The maximum Gasteiger partial charge on any atom is 0.265 e. The number of carbonyl (C=O) groups is 3. The largest absolute Gasteiger partial charge is 0.276 e. The van der Waals surface area contributed by atoms with Gasteiger partial charge >= 0.3 is 0 Å². The number of rotatable bonds is 2. The first-order valence-electron chi connectivity index (χ1n) is 12.9. The third-order valence-corrected chi connectivity index (χ3v) is 7.59. The average molecular weight is 503 g/mol. The van der Waals surface area contributed by atoms with Crippen LogP contribution in [0, 0.1) is 0 Å². The molecule has 6 rings (SSSR count). The molecule has 0 atom stereocenters. The lowest BCUT2D eigenvalue weighted by molar-refractivity contribution is 0.0891. The third-order valence-electron chi connectivity index (χ3n) is 7.59. The van der Waals surface area contributed by atoms with Gasteiger partial charge in [-0.1, -0.05) is 77.9 Å². The fourth-order valence-electron chi connectivity index (χ4n) is 5.83. The predicted octanol–water partition coefficient (Wildman–Crippen LogP) is 7.53. The molecule has 4 aromatic carbocycles. The SMILES string of the molecule is CC(C)(C)c1ccccc1N1C(=O)c2ccc3c4c(ccc(c24)C1=O)N(c1ccccc1C(C)(C)C)C3=O. The molecule has 0 fully saturated rings. The summed E-state index contributed by atoms with van der Waals surface area (Å²) in [5.74, 6) is -0.895. The van der Waals surface area contributed by atoms with Crippen LogP contribution in [0.25, 0.3) is 10.8 Å². The zero-order valence-electron chi connectivity index (χ0n) is 22.5. The van der Waals surface area contributed by atoms with Gasteiger partial charge in [0.05, 0.1) is 22.6 Å². The van der Waals surface area contributed by atoms with E-state index in [0.29, 0.717) is 38.8 Å². The van der Waals surface area contributed by atoms with E-state index in [-0.39, 0.29) is 28.6 Å².